The topological polar surface area (TPSA) is 54.7 Å². The third-order valence-electron chi connectivity index (χ3n) is 4.63. The van der Waals surface area contributed by atoms with Gasteiger partial charge in [0.1, 0.15) is 5.56 Å². The highest BCUT2D eigenvalue weighted by molar-refractivity contribution is 7.15. The van der Waals surface area contributed by atoms with Crippen molar-refractivity contribution in [2.45, 2.75) is 13.5 Å². The summed E-state index contributed by atoms with van der Waals surface area (Å²) in [6, 6.07) is 17.6. The van der Waals surface area contributed by atoms with Gasteiger partial charge in [0.15, 0.2) is 4.96 Å². The van der Waals surface area contributed by atoms with Crippen molar-refractivity contribution < 1.29 is 4.79 Å². The van der Waals surface area contributed by atoms with Crippen LogP contribution in [0.1, 0.15) is 21.5 Å². The minimum Gasteiger partial charge on any atom is -0.337 e. The maximum atomic E-state index is 13.1. The molecule has 2 heterocycles. The molecule has 0 N–H and O–H groups in total. The Labute approximate surface area is 166 Å². The van der Waals surface area contributed by atoms with E-state index in [1.54, 1.807) is 7.05 Å². The SMILES string of the molecule is Cc1ccc(-c2csc3ncc(C(=O)N(C)Cc4ccccc4)c(=O)n23)cc1. The van der Waals surface area contributed by atoms with Crippen LogP contribution in [-0.4, -0.2) is 27.2 Å². The van der Waals surface area contributed by atoms with E-state index in [1.165, 1.54) is 26.8 Å². The highest BCUT2D eigenvalue weighted by atomic mass is 32.1. The van der Waals surface area contributed by atoms with E-state index >= 15 is 0 Å². The quantitative estimate of drug-likeness (QED) is 0.530. The standard InChI is InChI=1S/C22H19N3O2S/c1-15-8-10-17(11-9-15)19-14-28-22-23-12-18(21(27)25(19)22)20(26)24(2)13-16-6-4-3-5-7-16/h3-12,14H,13H2,1-2H3. The molecule has 0 radical (unpaired) electrons. The van der Waals surface area contributed by atoms with E-state index in [2.05, 4.69) is 4.98 Å². The number of rotatable bonds is 4. The number of amides is 1. The van der Waals surface area contributed by atoms with Crippen LogP contribution in [0.4, 0.5) is 0 Å². The van der Waals surface area contributed by atoms with Crippen molar-refractivity contribution in [1.29, 1.82) is 0 Å². The van der Waals surface area contributed by atoms with Crippen molar-refractivity contribution >= 4 is 22.2 Å². The molecule has 0 saturated heterocycles. The van der Waals surface area contributed by atoms with Crippen LogP contribution < -0.4 is 5.56 Å². The van der Waals surface area contributed by atoms with Crippen molar-refractivity contribution in [2.24, 2.45) is 0 Å². The minimum atomic E-state index is -0.341. The lowest BCUT2D eigenvalue weighted by atomic mass is 10.1. The number of fused-ring (bicyclic) bond motifs is 1. The molecule has 4 rings (SSSR count). The van der Waals surface area contributed by atoms with Gasteiger partial charge in [0, 0.05) is 25.2 Å². The number of hydrogen-bond acceptors (Lipinski definition) is 4. The highest BCUT2D eigenvalue weighted by Crippen LogP contribution is 2.24. The zero-order chi connectivity index (χ0) is 19.7. The average Bonchev–Trinajstić information content (AvgIpc) is 3.14. The summed E-state index contributed by atoms with van der Waals surface area (Å²) >= 11 is 1.39. The highest BCUT2D eigenvalue weighted by Gasteiger charge is 2.20. The zero-order valence-corrected chi connectivity index (χ0v) is 16.4. The molecule has 140 valence electrons. The van der Waals surface area contributed by atoms with Crippen molar-refractivity contribution in [3.63, 3.8) is 0 Å². The van der Waals surface area contributed by atoms with Crippen LogP contribution in [0.2, 0.25) is 0 Å². The molecule has 0 saturated carbocycles. The fraction of sp³-hybridized carbons (Fsp3) is 0.136. The van der Waals surface area contributed by atoms with E-state index in [-0.39, 0.29) is 17.0 Å². The molecule has 5 nitrogen and oxygen atoms in total. The molecular formula is C22H19N3O2S. The Morgan fingerprint density at radius 3 is 2.54 bits per heavy atom. The van der Waals surface area contributed by atoms with E-state index in [1.807, 2.05) is 66.9 Å². The van der Waals surface area contributed by atoms with Crippen LogP contribution in [0, 0.1) is 6.92 Å². The van der Waals surface area contributed by atoms with Crippen LogP contribution in [0.15, 0.2) is 71.0 Å². The van der Waals surface area contributed by atoms with Gasteiger partial charge in [0.25, 0.3) is 11.5 Å². The van der Waals surface area contributed by atoms with Gasteiger partial charge in [0.05, 0.1) is 5.69 Å². The number of aromatic nitrogens is 2. The maximum Gasteiger partial charge on any atom is 0.271 e. The molecule has 0 atom stereocenters. The molecule has 2 aromatic heterocycles. The lowest BCUT2D eigenvalue weighted by Gasteiger charge is -2.17. The first-order valence-electron chi connectivity index (χ1n) is 8.90. The third-order valence-corrected chi connectivity index (χ3v) is 5.47. The van der Waals surface area contributed by atoms with Crippen molar-refractivity contribution in [1.82, 2.24) is 14.3 Å². The predicted octanol–water partition coefficient (Wildman–Crippen LogP) is 4.00. The van der Waals surface area contributed by atoms with Crippen LogP contribution in [0.25, 0.3) is 16.2 Å². The summed E-state index contributed by atoms with van der Waals surface area (Å²) in [5.74, 6) is -0.336. The second-order valence-corrected chi connectivity index (χ2v) is 7.57. The Kier molecular flexibility index (Phi) is 4.79. The number of hydrogen-bond donors (Lipinski definition) is 0. The van der Waals surface area contributed by atoms with E-state index in [4.69, 9.17) is 0 Å². The lowest BCUT2D eigenvalue weighted by molar-refractivity contribution is 0.0782. The van der Waals surface area contributed by atoms with Gasteiger partial charge in [-0.05, 0) is 18.1 Å². The monoisotopic (exact) mass is 389 g/mol. The Morgan fingerprint density at radius 2 is 1.82 bits per heavy atom. The summed E-state index contributed by atoms with van der Waals surface area (Å²) in [7, 11) is 1.69. The third kappa shape index (κ3) is 3.34. The Balaban J connectivity index is 1.73. The zero-order valence-electron chi connectivity index (χ0n) is 15.6. The van der Waals surface area contributed by atoms with Crippen LogP contribution >= 0.6 is 11.3 Å². The smallest absolute Gasteiger partial charge is 0.271 e. The van der Waals surface area contributed by atoms with Crippen molar-refractivity contribution in [3.05, 3.63) is 93.2 Å². The van der Waals surface area contributed by atoms with Crippen molar-refractivity contribution in [3.8, 4) is 11.3 Å². The van der Waals surface area contributed by atoms with E-state index in [9.17, 15) is 9.59 Å². The molecular weight excluding hydrogens is 370 g/mol. The molecule has 0 fully saturated rings. The lowest BCUT2D eigenvalue weighted by Crippen LogP contribution is -2.32. The predicted molar refractivity (Wildman–Crippen MR) is 112 cm³/mol. The fourth-order valence-electron chi connectivity index (χ4n) is 3.10. The minimum absolute atomic E-state index is 0.0719. The van der Waals surface area contributed by atoms with E-state index < -0.39 is 0 Å². The second-order valence-electron chi connectivity index (χ2n) is 6.73. The molecule has 0 bridgehead atoms. The largest absolute Gasteiger partial charge is 0.337 e. The van der Waals surface area contributed by atoms with Gasteiger partial charge in [-0.15, -0.1) is 11.3 Å². The number of aryl methyl sites for hydroxylation is 1. The van der Waals surface area contributed by atoms with Gasteiger partial charge in [-0.1, -0.05) is 60.2 Å². The summed E-state index contributed by atoms with van der Waals surface area (Å²) in [5.41, 5.74) is 3.55. The van der Waals surface area contributed by atoms with Gasteiger partial charge >= 0.3 is 0 Å². The number of thiazole rings is 1. The molecule has 2 aromatic carbocycles. The first-order valence-corrected chi connectivity index (χ1v) is 9.78. The first kappa shape index (κ1) is 18.1. The molecule has 28 heavy (non-hydrogen) atoms. The Bertz CT molecular complexity index is 1190. The van der Waals surface area contributed by atoms with Crippen LogP contribution in [0.3, 0.4) is 0 Å². The van der Waals surface area contributed by atoms with Gasteiger partial charge in [-0.25, -0.2) is 4.98 Å². The van der Waals surface area contributed by atoms with Gasteiger partial charge in [0.2, 0.25) is 0 Å². The maximum absolute atomic E-state index is 13.1. The van der Waals surface area contributed by atoms with Crippen LogP contribution in [-0.2, 0) is 6.54 Å². The number of nitrogens with zero attached hydrogens (tertiary/aromatic N) is 3. The Hall–Kier alpha value is -3.25. The summed E-state index contributed by atoms with van der Waals surface area (Å²) in [6.07, 6.45) is 1.39. The van der Waals surface area contributed by atoms with Gasteiger partial charge in [-0.2, -0.15) is 0 Å². The summed E-state index contributed by atoms with van der Waals surface area (Å²) in [4.78, 5) is 32.5. The van der Waals surface area contributed by atoms with E-state index in [0.29, 0.717) is 11.5 Å². The molecule has 0 aliphatic rings. The van der Waals surface area contributed by atoms with Crippen molar-refractivity contribution in [2.75, 3.05) is 7.05 Å². The molecule has 0 unspecified atom stereocenters. The van der Waals surface area contributed by atoms with E-state index in [0.717, 1.165) is 22.4 Å². The molecule has 0 aliphatic heterocycles. The summed E-state index contributed by atoms with van der Waals surface area (Å²) in [5, 5.41) is 1.90. The summed E-state index contributed by atoms with van der Waals surface area (Å²) < 4.78 is 1.53. The number of carbonyl (C=O) groups excluding carboxylic acids is 1. The molecule has 0 spiro atoms. The Morgan fingerprint density at radius 1 is 1.11 bits per heavy atom. The molecule has 0 aliphatic carbocycles. The molecule has 1 amide bonds. The number of carbonyl (C=O) groups is 1. The van der Waals surface area contributed by atoms with Gasteiger partial charge in [-0.3, -0.25) is 14.0 Å². The summed E-state index contributed by atoms with van der Waals surface area (Å²) in [6.45, 7) is 2.44. The fourth-order valence-corrected chi connectivity index (χ4v) is 3.96. The molecule has 4 aromatic rings. The average molecular weight is 389 g/mol. The molecule has 6 heteroatoms. The number of benzene rings is 2. The van der Waals surface area contributed by atoms with Crippen LogP contribution in [0.5, 0.6) is 0 Å². The normalized spacial score (nSPS) is 10.9. The first-order chi connectivity index (χ1) is 13.5. The second kappa shape index (κ2) is 7.40. The van der Waals surface area contributed by atoms with Gasteiger partial charge < -0.3 is 4.90 Å².